The van der Waals surface area contributed by atoms with Crippen molar-refractivity contribution in [3.8, 4) is 5.75 Å². The molecule has 0 unspecified atom stereocenters. The Morgan fingerprint density at radius 3 is 2.86 bits per heavy atom. The molecule has 1 aromatic heterocycles. The van der Waals surface area contributed by atoms with Crippen LogP contribution in [0.15, 0.2) is 54.9 Å². The minimum absolute atomic E-state index is 0.0224. The van der Waals surface area contributed by atoms with Gasteiger partial charge in [0.05, 0.1) is 11.3 Å². The molecule has 0 bridgehead atoms. The van der Waals surface area contributed by atoms with Crippen LogP contribution in [0.1, 0.15) is 15.9 Å². The first-order valence-corrected chi connectivity index (χ1v) is 6.59. The standard InChI is InChI=1S/C17H14N2O2/c1-11-5-6-13(16(20)9-11)17(21)19-15-4-2-3-12-7-8-18-10-14(12)15/h2-10,20H,1H3,(H,19,21). The van der Waals surface area contributed by atoms with Crippen LogP contribution in [-0.2, 0) is 0 Å². The lowest BCUT2D eigenvalue weighted by atomic mass is 10.1. The van der Waals surface area contributed by atoms with Crippen molar-refractivity contribution < 1.29 is 9.90 Å². The lowest BCUT2D eigenvalue weighted by molar-refractivity contribution is 0.102. The van der Waals surface area contributed by atoms with Crippen molar-refractivity contribution in [3.05, 3.63) is 66.0 Å². The number of nitrogens with zero attached hydrogens (tertiary/aromatic N) is 1. The van der Waals surface area contributed by atoms with Gasteiger partial charge in [0, 0.05) is 17.8 Å². The van der Waals surface area contributed by atoms with Gasteiger partial charge in [-0.15, -0.1) is 0 Å². The van der Waals surface area contributed by atoms with Gasteiger partial charge in [-0.1, -0.05) is 18.2 Å². The number of rotatable bonds is 2. The Hall–Kier alpha value is -2.88. The van der Waals surface area contributed by atoms with Crippen LogP contribution in [0.3, 0.4) is 0 Å². The first-order valence-electron chi connectivity index (χ1n) is 6.59. The molecule has 1 heterocycles. The lowest BCUT2D eigenvalue weighted by Crippen LogP contribution is -2.12. The van der Waals surface area contributed by atoms with E-state index in [9.17, 15) is 9.90 Å². The Labute approximate surface area is 122 Å². The minimum Gasteiger partial charge on any atom is -0.507 e. The zero-order chi connectivity index (χ0) is 14.8. The molecule has 0 spiro atoms. The molecule has 4 heteroatoms. The Kier molecular flexibility index (Phi) is 3.28. The summed E-state index contributed by atoms with van der Waals surface area (Å²) in [6, 6.07) is 12.5. The number of fused-ring (bicyclic) bond motifs is 1. The number of aromatic nitrogens is 1. The molecule has 0 aliphatic carbocycles. The molecule has 0 atom stereocenters. The predicted molar refractivity (Wildman–Crippen MR) is 82.5 cm³/mol. The Bertz CT molecular complexity index is 823. The number of benzene rings is 2. The second-order valence-corrected chi connectivity index (χ2v) is 4.88. The first-order chi connectivity index (χ1) is 10.1. The molecule has 0 fully saturated rings. The van der Waals surface area contributed by atoms with Crippen LogP contribution in [0.4, 0.5) is 5.69 Å². The maximum absolute atomic E-state index is 12.3. The van der Waals surface area contributed by atoms with Crippen LogP contribution in [0.25, 0.3) is 10.8 Å². The highest BCUT2D eigenvalue weighted by molar-refractivity contribution is 6.10. The second kappa shape index (κ2) is 5.25. The Morgan fingerprint density at radius 1 is 1.19 bits per heavy atom. The van der Waals surface area contributed by atoms with Crippen molar-refractivity contribution in [1.29, 1.82) is 0 Å². The number of amides is 1. The van der Waals surface area contributed by atoms with Gasteiger partial charge in [-0.05, 0) is 42.1 Å². The molecule has 0 aliphatic rings. The van der Waals surface area contributed by atoms with Crippen molar-refractivity contribution >= 4 is 22.4 Å². The average molecular weight is 278 g/mol. The van der Waals surface area contributed by atoms with Crippen molar-refractivity contribution in [3.63, 3.8) is 0 Å². The summed E-state index contributed by atoms with van der Waals surface area (Å²) < 4.78 is 0. The van der Waals surface area contributed by atoms with E-state index < -0.39 is 0 Å². The monoisotopic (exact) mass is 278 g/mol. The molecular weight excluding hydrogens is 264 g/mol. The molecular formula is C17H14N2O2. The van der Waals surface area contributed by atoms with Gasteiger partial charge in [0.15, 0.2) is 0 Å². The summed E-state index contributed by atoms with van der Waals surface area (Å²) in [6.45, 7) is 1.86. The highest BCUT2D eigenvalue weighted by atomic mass is 16.3. The topological polar surface area (TPSA) is 62.2 Å². The van der Waals surface area contributed by atoms with Gasteiger partial charge in [-0.2, -0.15) is 0 Å². The molecule has 4 nitrogen and oxygen atoms in total. The fraction of sp³-hybridized carbons (Fsp3) is 0.0588. The molecule has 21 heavy (non-hydrogen) atoms. The normalized spacial score (nSPS) is 10.5. The highest BCUT2D eigenvalue weighted by Gasteiger charge is 2.12. The van der Waals surface area contributed by atoms with Gasteiger partial charge in [-0.25, -0.2) is 0 Å². The van der Waals surface area contributed by atoms with E-state index in [0.29, 0.717) is 5.69 Å². The summed E-state index contributed by atoms with van der Waals surface area (Å²) in [4.78, 5) is 16.4. The molecule has 0 radical (unpaired) electrons. The van der Waals surface area contributed by atoms with Crippen LogP contribution < -0.4 is 5.32 Å². The first kappa shape index (κ1) is 13.1. The number of hydrogen-bond donors (Lipinski definition) is 2. The number of carbonyl (C=O) groups is 1. The molecule has 2 aromatic carbocycles. The number of anilines is 1. The molecule has 3 rings (SSSR count). The van der Waals surface area contributed by atoms with Crippen molar-refractivity contribution in [2.75, 3.05) is 5.32 Å². The van der Waals surface area contributed by atoms with Crippen molar-refractivity contribution in [2.24, 2.45) is 0 Å². The zero-order valence-corrected chi connectivity index (χ0v) is 11.5. The van der Waals surface area contributed by atoms with E-state index in [4.69, 9.17) is 0 Å². The Balaban J connectivity index is 1.97. The third-order valence-electron chi connectivity index (χ3n) is 3.33. The van der Waals surface area contributed by atoms with Crippen molar-refractivity contribution in [1.82, 2.24) is 4.98 Å². The maximum Gasteiger partial charge on any atom is 0.259 e. The zero-order valence-electron chi connectivity index (χ0n) is 11.5. The maximum atomic E-state index is 12.3. The van der Waals surface area contributed by atoms with Gasteiger partial charge < -0.3 is 10.4 Å². The minimum atomic E-state index is -0.344. The second-order valence-electron chi connectivity index (χ2n) is 4.88. The van der Waals surface area contributed by atoms with E-state index in [1.165, 1.54) is 0 Å². The number of hydrogen-bond acceptors (Lipinski definition) is 3. The average Bonchev–Trinajstić information content (AvgIpc) is 2.47. The van der Waals surface area contributed by atoms with Crippen LogP contribution >= 0.6 is 0 Å². The summed E-state index contributed by atoms with van der Waals surface area (Å²) in [5.74, 6) is -0.366. The molecule has 2 N–H and O–H groups in total. The lowest BCUT2D eigenvalue weighted by Gasteiger charge is -2.09. The number of nitrogens with one attached hydrogen (secondary N) is 1. The van der Waals surface area contributed by atoms with E-state index in [1.54, 1.807) is 30.6 Å². The predicted octanol–water partition coefficient (Wildman–Crippen LogP) is 3.50. The van der Waals surface area contributed by atoms with E-state index >= 15 is 0 Å². The number of aromatic hydroxyl groups is 1. The van der Waals surface area contributed by atoms with Gasteiger partial charge in [-0.3, -0.25) is 9.78 Å². The van der Waals surface area contributed by atoms with Crippen LogP contribution in [0.2, 0.25) is 0 Å². The molecule has 0 aliphatic heterocycles. The number of pyridine rings is 1. The van der Waals surface area contributed by atoms with Crippen molar-refractivity contribution in [2.45, 2.75) is 6.92 Å². The smallest absolute Gasteiger partial charge is 0.259 e. The van der Waals surface area contributed by atoms with Gasteiger partial charge >= 0.3 is 0 Å². The van der Waals surface area contributed by atoms with Gasteiger partial charge in [0.1, 0.15) is 5.75 Å². The summed E-state index contributed by atoms with van der Waals surface area (Å²) >= 11 is 0. The third-order valence-corrected chi connectivity index (χ3v) is 3.33. The molecule has 104 valence electrons. The largest absolute Gasteiger partial charge is 0.507 e. The number of phenolic OH excluding ortho intramolecular Hbond substituents is 1. The van der Waals surface area contributed by atoms with Gasteiger partial charge in [0.25, 0.3) is 5.91 Å². The fourth-order valence-electron chi connectivity index (χ4n) is 2.25. The number of phenols is 1. The summed E-state index contributed by atoms with van der Waals surface area (Å²) in [6.07, 6.45) is 3.42. The highest BCUT2D eigenvalue weighted by Crippen LogP contribution is 2.24. The van der Waals surface area contributed by atoms with E-state index in [-0.39, 0.29) is 17.2 Å². The van der Waals surface area contributed by atoms with E-state index in [0.717, 1.165) is 16.3 Å². The van der Waals surface area contributed by atoms with E-state index in [1.807, 2.05) is 31.2 Å². The van der Waals surface area contributed by atoms with Crippen LogP contribution in [0.5, 0.6) is 5.75 Å². The SMILES string of the molecule is Cc1ccc(C(=O)Nc2cccc3ccncc23)c(O)c1. The van der Waals surface area contributed by atoms with Crippen LogP contribution in [0, 0.1) is 6.92 Å². The summed E-state index contributed by atoms with van der Waals surface area (Å²) in [5.41, 5.74) is 1.82. The quantitative estimate of drug-likeness (QED) is 0.754. The number of carbonyl (C=O) groups excluding carboxylic acids is 1. The number of aryl methyl sites for hydroxylation is 1. The molecule has 0 saturated heterocycles. The Morgan fingerprint density at radius 2 is 2.05 bits per heavy atom. The van der Waals surface area contributed by atoms with Crippen LogP contribution in [-0.4, -0.2) is 16.0 Å². The molecule has 0 saturated carbocycles. The molecule has 3 aromatic rings. The third kappa shape index (κ3) is 2.56. The van der Waals surface area contributed by atoms with Gasteiger partial charge in [0.2, 0.25) is 0 Å². The summed E-state index contributed by atoms with van der Waals surface area (Å²) in [7, 11) is 0. The fourth-order valence-corrected chi connectivity index (χ4v) is 2.25. The van der Waals surface area contributed by atoms with E-state index in [2.05, 4.69) is 10.3 Å². The summed E-state index contributed by atoms with van der Waals surface area (Å²) in [5, 5.41) is 14.6. The molecule has 1 amide bonds.